The number of nitrogens with one attached hydrogen (secondary N) is 1. The van der Waals surface area contributed by atoms with Crippen molar-refractivity contribution in [3.05, 3.63) is 114 Å². The molecule has 214 valence electrons. The third-order valence-electron chi connectivity index (χ3n) is 7.46. The number of piperidine rings is 1. The van der Waals surface area contributed by atoms with Crippen molar-refractivity contribution < 1.29 is 23.7 Å². The van der Waals surface area contributed by atoms with Crippen LogP contribution in [0.1, 0.15) is 29.0 Å². The van der Waals surface area contributed by atoms with Crippen molar-refractivity contribution in [2.75, 3.05) is 32.9 Å². The van der Waals surface area contributed by atoms with Crippen molar-refractivity contribution in [3.63, 3.8) is 0 Å². The second-order valence-electron chi connectivity index (χ2n) is 10.4. The van der Waals surface area contributed by atoms with Crippen molar-refractivity contribution in [1.82, 2.24) is 5.32 Å². The molecule has 3 atom stereocenters. The number of rotatable bonds is 13. The number of ether oxygens (including phenoxy) is 4. The van der Waals surface area contributed by atoms with Crippen LogP contribution in [0.2, 0.25) is 0 Å². The Morgan fingerprint density at radius 1 is 0.805 bits per heavy atom. The van der Waals surface area contributed by atoms with Crippen LogP contribution in [0.4, 0.5) is 4.79 Å². The molecule has 3 unspecified atom stereocenters. The largest absolute Gasteiger partial charge is 0.494 e. The maximum absolute atomic E-state index is 11.4. The lowest BCUT2D eigenvalue weighted by atomic mass is 9.79. The fourth-order valence-electron chi connectivity index (χ4n) is 5.40. The molecule has 1 fully saturated rings. The Morgan fingerprint density at radius 2 is 1.59 bits per heavy atom. The molecule has 1 aliphatic rings. The average Bonchev–Trinajstić information content (AvgIpc) is 3.01. The highest BCUT2D eigenvalue weighted by molar-refractivity contribution is 5.82. The van der Waals surface area contributed by atoms with E-state index in [1.807, 2.05) is 42.5 Å². The first-order valence-electron chi connectivity index (χ1n) is 14.2. The monoisotopic (exact) mass is 554 g/mol. The van der Waals surface area contributed by atoms with E-state index in [4.69, 9.17) is 24.7 Å². The number of fused-ring (bicyclic) bond motifs is 1. The molecule has 0 bridgehead atoms. The molecule has 0 aliphatic carbocycles. The van der Waals surface area contributed by atoms with E-state index >= 15 is 0 Å². The minimum Gasteiger partial charge on any atom is -0.494 e. The number of benzene rings is 4. The summed E-state index contributed by atoms with van der Waals surface area (Å²) in [6.07, 6.45) is -0.0650. The zero-order valence-corrected chi connectivity index (χ0v) is 23.2. The molecule has 3 N–H and O–H groups in total. The van der Waals surface area contributed by atoms with Gasteiger partial charge in [0.25, 0.3) is 0 Å². The minimum atomic E-state index is -0.764. The van der Waals surface area contributed by atoms with Gasteiger partial charge in [0, 0.05) is 31.3 Å². The van der Waals surface area contributed by atoms with E-state index in [1.54, 1.807) is 0 Å². The smallest absolute Gasteiger partial charge is 0.404 e. The van der Waals surface area contributed by atoms with E-state index < -0.39 is 6.09 Å². The van der Waals surface area contributed by atoms with Gasteiger partial charge in [0.2, 0.25) is 0 Å². The van der Waals surface area contributed by atoms with Gasteiger partial charge in [-0.05, 0) is 45.7 Å². The van der Waals surface area contributed by atoms with Crippen LogP contribution >= 0.6 is 0 Å². The zero-order chi connectivity index (χ0) is 28.3. The van der Waals surface area contributed by atoms with Crippen molar-refractivity contribution in [2.45, 2.75) is 31.7 Å². The summed E-state index contributed by atoms with van der Waals surface area (Å²) in [6.45, 7) is 3.95. The highest BCUT2D eigenvalue weighted by atomic mass is 16.5. The molecule has 0 aromatic heterocycles. The summed E-state index contributed by atoms with van der Waals surface area (Å²) < 4.78 is 23.5. The Labute approximate surface area is 241 Å². The first-order valence-corrected chi connectivity index (χ1v) is 14.2. The lowest BCUT2D eigenvalue weighted by molar-refractivity contribution is -0.0164. The van der Waals surface area contributed by atoms with E-state index in [0.717, 1.165) is 23.3 Å². The number of hydrogen-bond acceptors (Lipinski definition) is 6. The molecular formula is C34H38N2O5. The van der Waals surface area contributed by atoms with Crippen LogP contribution in [-0.2, 0) is 27.4 Å². The predicted molar refractivity (Wildman–Crippen MR) is 160 cm³/mol. The predicted octanol–water partition coefficient (Wildman–Crippen LogP) is 5.81. The van der Waals surface area contributed by atoms with E-state index in [9.17, 15) is 4.79 Å². The molecule has 41 heavy (non-hydrogen) atoms. The fraction of sp³-hybridized carbons (Fsp3) is 0.324. The molecule has 4 aromatic carbocycles. The maximum Gasteiger partial charge on any atom is 0.404 e. The summed E-state index contributed by atoms with van der Waals surface area (Å²) >= 11 is 0. The molecule has 0 saturated carbocycles. The number of primary amides is 1. The summed E-state index contributed by atoms with van der Waals surface area (Å²) in [5.41, 5.74) is 8.70. The third-order valence-corrected chi connectivity index (χ3v) is 7.46. The Balaban J connectivity index is 1.18. The molecule has 0 spiro atoms. The summed E-state index contributed by atoms with van der Waals surface area (Å²) in [7, 11) is 0. The second kappa shape index (κ2) is 14.6. The van der Waals surface area contributed by atoms with Crippen LogP contribution < -0.4 is 15.8 Å². The minimum absolute atomic E-state index is 0.0198. The highest BCUT2D eigenvalue weighted by Gasteiger charge is 2.36. The van der Waals surface area contributed by atoms with Crippen LogP contribution in [0.25, 0.3) is 10.8 Å². The Kier molecular flexibility index (Phi) is 10.2. The highest BCUT2D eigenvalue weighted by Crippen LogP contribution is 2.34. The van der Waals surface area contributed by atoms with Crippen molar-refractivity contribution in [1.29, 1.82) is 0 Å². The lowest BCUT2D eigenvalue weighted by Gasteiger charge is -2.38. The molecule has 0 radical (unpaired) electrons. The number of carbonyl (C=O) groups excluding carboxylic acids is 1. The van der Waals surface area contributed by atoms with Gasteiger partial charge in [-0.1, -0.05) is 78.9 Å². The van der Waals surface area contributed by atoms with E-state index in [0.29, 0.717) is 39.5 Å². The number of hydrogen-bond donors (Lipinski definition) is 2. The molecule has 1 amide bonds. The lowest BCUT2D eigenvalue weighted by Crippen LogP contribution is -2.48. The third kappa shape index (κ3) is 8.30. The normalized spacial score (nSPS) is 18.7. The van der Waals surface area contributed by atoms with Crippen LogP contribution in [0.5, 0.6) is 5.75 Å². The standard InChI is InChI=1S/C34H38N2O5/c35-34(37)41-24-30-20-36-21-32(40-23-26-11-12-27-9-4-5-10-29(27)19-26)33(30)28-13-15-31(16-14-28)39-18-6-17-38-22-25-7-2-1-3-8-25/h1-5,7-16,19,30,32-33,36H,6,17-18,20-24H2,(H2,35,37). The van der Waals surface area contributed by atoms with Gasteiger partial charge in [-0.25, -0.2) is 4.79 Å². The van der Waals surface area contributed by atoms with Gasteiger partial charge in [-0.3, -0.25) is 0 Å². The summed E-state index contributed by atoms with van der Waals surface area (Å²) in [5.74, 6) is 0.854. The van der Waals surface area contributed by atoms with Crippen molar-refractivity contribution in [3.8, 4) is 5.75 Å². The Morgan fingerprint density at radius 3 is 2.39 bits per heavy atom. The molecule has 1 saturated heterocycles. The van der Waals surface area contributed by atoms with Crippen LogP contribution in [0, 0.1) is 5.92 Å². The second-order valence-corrected chi connectivity index (χ2v) is 10.4. The van der Waals surface area contributed by atoms with E-state index in [2.05, 4.69) is 59.9 Å². The average molecular weight is 555 g/mol. The zero-order valence-electron chi connectivity index (χ0n) is 23.2. The SMILES string of the molecule is NC(=O)OCC1CNCC(OCc2ccc3ccccc3c2)C1c1ccc(OCCCOCc2ccccc2)cc1. The van der Waals surface area contributed by atoms with Gasteiger partial charge in [0.05, 0.1) is 39.1 Å². The fourth-order valence-corrected chi connectivity index (χ4v) is 5.40. The quantitative estimate of drug-likeness (QED) is 0.203. The summed E-state index contributed by atoms with van der Waals surface area (Å²) in [4.78, 5) is 11.4. The van der Waals surface area contributed by atoms with Crippen LogP contribution in [0.3, 0.4) is 0 Å². The molecule has 7 nitrogen and oxygen atoms in total. The maximum atomic E-state index is 11.4. The summed E-state index contributed by atoms with van der Waals surface area (Å²) in [5, 5.41) is 5.85. The van der Waals surface area contributed by atoms with Gasteiger partial charge >= 0.3 is 6.09 Å². The number of nitrogens with two attached hydrogens (primary N) is 1. The molecular weight excluding hydrogens is 516 g/mol. The molecule has 1 aliphatic heterocycles. The van der Waals surface area contributed by atoms with Crippen LogP contribution in [0.15, 0.2) is 97.1 Å². The van der Waals surface area contributed by atoms with E-state index in [-0.39, 0.29) is 24.5 Å². The van der Waals surface area contributed by atoms with E-state index in [1.165, 1.54) is 16.3 Å². The van der Waals surface area contributed by atoms with Gasteiger partial charge in [0.15, 0.2) is 0 Å². The molecule has 1 heterocycles. The van der Waals surface area contributed by atoms with Gasteiger partial charge < -0.3 is 30.0 Å². The van der Waals surface area contributed by atoms with Crippen molar-refractivity contribution >= 4 is 16.9 Å². The number of amides is 1. The number of carbonyl (C=O) groups is 1. The first-order chi connectivity index (χ1) is 20.2. The molecule has 5 rings (SSSR count). The van der Waals surface area contributed by atoms with Crippen LogP contribution in [-0.4, -0.2) is 45.1 Å². The Bertz CT molecular complexity index is 1380. The van der Waals surface area contributed by atoms with Gasteiger partial charge in [-0.15, -0.1) is 0 Å². The molecule has 4 aromatic rings. The van der Waals surface area contributed by atoms with Gasteiger partial charge in [-0.2, -0.15) is 0 Å². The topological polar surface area (TPSA) is 92.0 Å². The van der Waals surface area contributed by atoms with Crippen molar-refractivity contribution in [2.24, 2.45) is 11.7 Å². The van der Waals surface area contributed by atoms with Gasteiger partial charge in [0.1, 0.15) is 5.75 Å². The summed E-state index contributed by atoms with van der Waals surface area (Å²) in [6, 6.07) is 33.0. The molecule has 7 heteroatoms. The Hall–Kier alpha value is -3.91. The first kappa shape index (κ1) is 28.6.